The number of hydrogen-bond acceptors (Lipinski definition) is 6. The molecule has 0 fully saturated rings. The van der Waals surface area contributed by atoms with Gasteiger partial charge in [0, 0.05) is 40.7 Å². The minimum Gasteiger partial charge on any atom is -0.484 e. The van der Waals surface area contributed by atoms with Gasteiger partial charge in [-0.05, 0) is 79.9 Å². The summed E-state index contributed by atoms with van der Waals surface area (Å²) in [5.41, 5.74) is 20.6. The van der Waals surface area contributed by atoms with Gasteiger partial charge in [-0.3, -0.25) is 9.59 Å². The molecule has 0 aliphatic carbocycles. The standard InChI is InChI=1S/C15H21N3O2.C12H15N3O2/c1-2-7-17-15(19)10-20-12-3-4-14-13(8-12)11(5-6-16)9-18-14;13-4-3-8-6-15-11-2-1-9(5-10(8)11)17-7-12(14)16/h3-4,8-9,18H,2,5-7,10,16H2,1H3,(H,17,19);1-2,5-6,15H,3-4,7,13H2,(H2,14,16). The van der Waals surface area contributed by atoms with Crippen LogP contribution in [0, 0.1) is 0 Å². The number of H-pyrrole nitrogens is 2. The number of carbonyl (C=O) groups excluding carboxylic acids is 2. The van der Waals surface area contributed by atoms with Crippen LogP contribution in [-0.4, -0.2) is 54.6 Å². The summed E-state index contributed by atoms with van der Waals surface area (Å²) in [6.07, 6.45) is 6.45. The van der Waals surface area contributed by atoms with Gasteiger partial charge < -0.3 is 42.0 Å². The van der Waals surface area contributed by atoms with Crippen molar-refractivity contribution in [3.05, 3.63) is 59.9 Å². The maximum atomic E-state index is 11.5. The first-order valence-electron chi connectivity index (χ1n) is 12.4. The second-order valence-electron chi connectivity index (χ2n) is 8.51. The zero-order valence-corrected chi connectivity index (χ0v) is 21.1. The zero-order chi connectivity index (χ0) is 26.6. The number of nitrogens with one attached hydrogen (secondary N) is 3. The van der Waals surface area contributed by atoms with Crippen molar-refractivity contribution in [2.45, 2.75) is 26.2 Å². The first-order valence-corrected chi connectivity index (χ1v) is 12.4. The highest BCUT2D eigenvalue weighted by Gasteiger charge is 2.07. The lowest BCUT2D eigenvalue weighted by molar-refractivity contribution is -0.123. The summed E-state index contributed by atoms with van der Waals surface area (Å²) < 4.78 is 10.8. The molecule has 10 nitrogen and oxygen atoms in total. The molecule has 4 rings (SSSR count). The van der Waals surface area contributed by atoms with E-state index in [-0.39, 0.29) is 19.1 Å². The number of rotatable bonds is 12. The molecule has 0 aliphatic rings. The molecule has 0 spiro atoms. The van der Waals surface area contributed by atoms with Gasteiger partial charge in [0.05, 0.1) is 0 Å². The van der Waals surface area contributed by atoms with Crippen LogP contribution in [0.3, 0.4) is 0 Å². The Morgan fingerprint density at radius 1 is 0.838 bits per heavy atom. The molecule has 0 atom stereocenters. The van der Waals surface area contributed by atoms with Gasteiger partial charge in [0.2, 0.25) is 0 Å². The SMILES string of the molecule is CCCNC(=O)COc1ccc2[nH]cc(CCN)c2c1.NCCc1c[nH]c2ccc(OCC(N)=O)cc12. The normalized spacial score (nSPS) is 10.7. The van der Waals surface area contributed by atoms with E-state index < -0.39 is 5.91 Å². The van der Waals surface area contributed by atoms with Crippen molar-refractivity contribution in [3.8, 4) is 11.5 Å². The van der Waals surface area contributed by atoms with Crippen molar-refractivity contribution in [1.82, 2.24) is 15.3 Å². The van der Waals surface area contributed by atoms with Crippen LogP contribution < -0.4 is 32.0 Å². The zero-order valence-electron chi connectivity index (χ0n) is 21.1. The third-order valence-corrected chi connectivity index (χ3v) is 5.63. The first kappa shape index (κ1) is 27.6. The van der Waals surface area contributed by atoms with Crippen molar-refractivity contribution >= 4 is 33.6 Å². The summed E-state index contributed by atoms with van der Waals surface area (Å²) in [4.78, 5) is 28.5. The van der Waals surface area contributed by atoms with Crippen molar-refractivity contribution in [1.29, 1.82) is 0 Å². The maximum absolute atomic E-state index is 11.5. The monoisotopic (exact) mass is 508 g/mol. The van der Waals surface area contributed by atoms with Crippen LogP contribution in [0.5, 0.6) is 11.5 Å². The van der Waals surface area contributed by atoms with E-state index in [1.807, 2.05) is 49.6 Å². The van der Waals surface area contributed by atoms with E-state index >= 15 is 0 Å². The van der Waals surface area contributed by atoms with Crippen molar-refractivity contribution in [3.63, 3.8) is 0 Å². The Hall–Kier alpha value is -4.02. The van der Waals surface area contributed by atoms with Gasteiger partial charge in [-0.2, -0.15) is 0 Å². The predicted molar refractivity (Wildman–Crippen MR) is 146 cm³/mol. The number of fused-ring (bicyclic) bond motifs is 2. The topological polar surface area (TPSA) is 174 Å². The van der Waals surface area contributed by atoms with E-state index in [2.05, 4.69) is 15.3 Å². The molecule has 198 valence electrons. The van der Waals surface area contributed by atoms with E-state index in [1.54, 1.807) is 6.07 Å². The Bertz CT molecular complexity index is 1310. The third kappa shape index (κ3) is 7.99. The Labute approximate surface area is 215 Å². The minimum atomic E-state index is -0.485. The van der Waals surface area contributed by atoms with Crippen molar-refractivity contribution < 1.29 is 19.1 Å². The van der Waals surface area contributed by atoms with Gasteiger partial charge in [0.1, 0.15) is 11.5 Å². The number of ether oxygens (including phenoxy) is 2. The minimum absolute atomic E-state index is 0.0438. The quantitative estimate of drug-likeness (QED) is 0.171. The molecule has 37 heavy (non-hydrogen) atoms. The Balaban J connectivity index is 0.000000208. The molecule has 9 N–H and O–H groups in total. The number of primary amides is 1. The summed E-state index contributed by atoms with van der Waals surface area (Å²) in [5, 5.41) is 4.95. The molecule has 2 heterocycles. The lowest BCUT2D eigenvalue weighted by Crippen LogP contribution is -2.29. The fraction of sp³-hybridized carbons (Fsp3) is 0.333. The first-order chi connectivity index (χ1) is 17.9. The number of carbonyl (C=O) groups is 2. The van der Waals surface area contributed by atoms with E-state index in [9.17, 15) is 9.59 Å². The molecule has 2 aromatic heterocycles. The highest BCUT2D eigenvalue weighted by Crippen LogP contribution is 2.25. The average Bonchev–Trinajstić information content (AvgIpc) is 3.49. The predicted octanol–water partition coefficient (Wildman–Crippen LogP) is 2.11. The lowest BCUT2D eigenvalue weighted by Gasteiger charge is -2.07. The van der Waals surface area contributed by atoms with E-state index in [4.69, 9.17) is 26.7 Å². The molecule has 2 amide bonds. The number of aromatic amines is 2. The van der Waals surface area contributed by atoms with Gasteiger partial charge >= 0.3 is 0 Å². The number of nitrogens with two attached hydrogens (primary N) is 3. The largest absolute Gasteiger partial charge is 0.484 e. The number of hydrogen-bond donors (Lipinski definition) is 6. The molecule has 10 heteroatoms. The average molecular weight is 509 g/mol. The number of aromatic nitrogens is 2. The number of amides is 2. The van der Waals surface area contributed by atoms with E-state index in [1.165, 1.54) is 5.56 Å². The van der Waals surface area contributed by atoms with Gasteiger partial charge in [-0.15, -0.1) is 0 Å². The van der Waals surface area contributed by atoms with E-state index in [0.29, 0.717) is 31.1 Å². The van der Waals surface area contributed by atoms with Gasteiger partial charge in [-0.25, -0.2) is 0 Å². The molecule has 2 aromatic carbocycles. The van der Waals surface area contributed by atoms with Crippen LogP contribution >= 0.6 is 0 Å². The number of benzene rings is 2. The van der Waals surface area contributed by atoms with Crippen molar-refractivity contribution in [2.75, 3.05) is 32.8 Å². The van der Waals surface area contributed by atoms with E-state index in [0.717, 1.165) is 46.6 Å². The van der Waals surface area contributed by atoms with Crippen LogP contribution in [0.1, 0.15) is 24.5 Å². The Kier molecular flexibility index (Phi) is 10.4. The molecule has 0 bridgehead atoms. The Morgan fingerprint density at radius 3 is 1.81 bits per heavy atom. The fourth-order valence-corrected chi connectivity index (χ4v) is 3.84. The molecule has 0 aliphatic heterocycles. The second-order valence-corrected chi connectivity index (χ2v) is 8.51. The smallest absolute Gasteiger partial charge is 0.257 e. The second kappa shape index (κ2) is 13.9. The third-order valence-electron chi connectivity index (χ3n) is 5.63. The molecule has 4 aromatic rings. The van der Waals surface area contributed by atoms with Crippen LogP contribution in [0.2, 0.25) is 0 Å². The molecular weight excluding hydrogens is 472 g/mol. The summed E-state index contributed by atoms with van der Waals surface area (Å²) in [6.45, 7) is 3.83. The van der Waals surface area contributed by atoms with Crippen LogP contribution in [0.4, 0.5) is 0 Å². The van der Waals surface area contributed by atoms with Crippen molar-refractivity contribution in [2.24, 2.45) is 17.2 Å². The summed E-state index contributed by atoms with van der Waals surface area (Å²) in [7, 11) is 0. The van der Waals surface area contributed by atoms with Crippen LogP contribution in [-0.2, 0) is 22.4 Å². The van der Waals surface area contributed by atoms with Crippen LogP contribution in [0.15, 0.2) is 48.8 Å². The summed E-state index contributed by atoms with van der Waals surface area (Å²) >= 11 is 0. The van der Waals surface area contributed by atoms with Gasteiger partial charge in [0.15, 0.2) is 13.2 Å². The molecule has 0 unspecified atom stereocenters. The van der Waals surface area contributed by atoms with Gasteiger partial charge in [0.25, 0.3) is 11.8 Å². The molecular formula is C27H36N6O4. The van der Waals surface area contributed by atoms with Gasteiger partial charge in [-0.1, -0.05) is 6.92 Å². The fourth-order valence-electron chi connectivity index (χ4n) is 3.84. The molecule has 0 radical (unpaired) electrons. The molecule has 0 saturated heterocycles. The lowest BCUT2D eigenvalue weighted by atomic mass is 10.1. The molecule has 0 saturated carbocycles. The van der Waals surface area contributed by atoms with Crippen LogP contribution in [0.25, 0.3) is 21.8 Å². The highest BCUT2D eigenvalue weighted by molar-refractivity contribution is 5.85. The Morgan fingerprint density at radius 2 is 1.35 bits per heavy atom. The maximum Gasteiger partial charge on any atom is 0.257 e. The summed E-state index contributed by atoms with van der Waals surface area (Å²) in [5.74, 6) is 0.751. The highest BCUT2D eigenvalue weighted by atomic mass is 16.5. The summed E-state index contributed by atoms with van der Waals surface area (Å²) in [6, 6.07) is 11.4.